The van der Waals surface area contributed by atoms with Crippen molar-refractivity contribution < 1.29 is 8.42 Å². The molecule has 1 aromatic carbocycles. The molecule has 0 amide bonds. The first-order valence-corrected chi connectivity index (χ1v) is 7.16. The Hall–Kier alpha value is -0.330. The number of rotatable bonds is 5. The Morgan fingerprint density at radius 2 is 2.00 bits per heavy atom. The molecule has 7 heteroatoms. The predicted molar refractivity (Wildman–Crippen MR) is 77.1 cm³/mol. The highest BCUT2D eigenvalue weighted by molar-refractivity contribution is 7.89. The molecule has 0 aliphatic heterocycles. The number of nitrogens with one attached hydrogen (secondary N) is 2. The van der Waals surface area contributed by atoms with Crippen LogP contribution in [0.2, 0.25) is 5.02 Å². The smallest absolute Gasteiger partial charge is 0.240 e. The van der Waals surface area contributed by atoms with Crippen LogP contribution in [0.25, 0.3) is 0 Å². The van der Waals surface area contributed by atoms with Crippen molar-refractivity contribution in [2.24, 2.45) is 0 Å². The second kappa shape index (κ2) is 7.31. The summed E-state index contributed by atoms with van der Waals surface area (Å²) in [6.07, 6.45) is 0. The van der Waals surface area contributed by atoms with E-state index < -0.39 is 10.0 Å². The molecule has 1 unspecified atom stereocenters. The van der Waals surface area contributed by atoms with Crippen LogP contribution in [0.4, 0.5) is 0 Å². The first-order chi connectivity index (χ1) is 7.86. The summed E-state index contributed by atoms with van der Waals surface area (Å²) < 4.78 is 26.4. The zero-order valence-corrected chi connectivity index (χ0v) is 12.9. The van der Waals surface area contributed by atoms with Gasteiger partial charge >= 0.3 is 0 Å². The fraction of sp³-hybridized carbons (Fsp3) is 0.455. The second-order valence-corrected chi connectivity index (χ2v) is 6.13. The molecule has 0 heterocycles. The second-order valence-electron chi connectivity index (χ2n) is 3.95. The van der Waals surface area contributed by atoms with Gasteiger partial charge in [-0.15, -0.1) is 12.4 Å². The molecule has 1 aromatic rings. The number of sulfonamides is 1. The van der Waals surface area contributed by atoms with Gasteiger partial charge in [0.25, 0.3) is 0 Å². The molecule has 0 aromatic heterocycles. The SMILES string of the molecule is CNC(C)CNS(=O)(=O)c1ccc(C)c(Cl)c1.Cl. The van der Waals surface area contributed by atoms with Crippen molar-refractivity contribution in [1.29, 1.82) is 0 Å². The number of benzene rings is 1. The molecule has 0 fully saturated rings. The van der Waals surface area contributed by atoms with E-state index in [9.17, 15) is 8.42 Å². The Labute approximate surface area is 120 Å². The quantitative estimate of drug-likeness (QED) is 0.873. The molecule has 0 radical (unpaired) electrons. The van der Waals surface area contributed by atoms with Crippen molar-refractivity contribution in [3.8, 4) is 0 Å². The summed E-state index contributed by atoms with van der Waals surface area (Å²) in [6.45, 7) is 4.06. The third kappa shape index (κ3) is 4.74. The Balaban J connectivity index is 0.00000289. The number of hydrogen-bond acceptors (Lipinski definition) is 3. The normalized spacial score (nSPS) is 12.9. The molecule has 2 N–H and O–H groups in total. The molecule has 0 spiro atoms. The van der Waals surface area contributed by atoms with E-state index in [0.717, 1.165) is 5.56 Å². The van der Waals surface area contributed by atoms with Gasteiger partial charge in [-0.05, 0) is 38.6 Å². The van der Waals surface area contributed by atoms with E-state index in [1.54, 1.807) is 19.2 Å². The van der Waals surface area contributed by atoms with E-state index in [0.29, 0.717) is 11.6 Å². The molecule has 0 aliphatic carbocycles. The maximum atomic E-state index is 11.9. The molecular formula is C11H18Cl2N2O2S. The summed E-state index contributed by atoms with van der Waals surface area (Å²) >= 11 is 5.91. The summed E-state index contributed by atoms with van der Waals surface area (Å²) in [5.41, 5.74) is 0.856. The zero-order chi connectivity index (χ0) is 13.1. The summed E-state index contributed by atoms with van der Waals surface area (Å²) in [5, 5.41) is 3.41. The molecule has 0 bridgehead atoms. The van der Waals surface area contributed by atoms with Gasteiger partial charge < -0.3 is 5.32 Å². The summed E-state index contributed by atoms with van der Waals surface area (Å²) in [5.74, 6) is 0. The van der Waals surface area contributed by atoms with Crippen LogP contribution < -0.4 is 10.0 Å². The largest absolute Gasteiger partial charge is 0.316 e. The summed E-state index contributed by atoms with van der Waals surface area (Å²) in [4.78, 5) is 0.191. The third-order valence-corrected chi connectivity index (χ3v) is 4.35. The molecular weight excluding hydrogens is 295 g/mol. The highest BCUT2D eigenvalue weighted by Gasteiger charge is 2.15. The Morgan fingerprint density at radius 3 is 2.50 bits per heavy atom. The average Bonchev–Trinajstić information content (AvgIpc) is 2.29. The van der Waals surface area contributed by atoms with Gasteiger partial charge in [-0.1, -0.05) is 17.7 Å². The van der Waals surface area contributed by atoms with Crippen molar-refractivity contribution in [2.75, 3.05) is 13.6 Å². The zero-order valence-electron chi connectivity index (χ0n) is 10.5. The van der Waals surface area contributed by atoms with Crippen LogP contribution in [0.1, 0.15) is 12.5 Å². The van der Waals surface area contributed by atoms with Crippen molar-refractivity contribution in [3.05, 3.63) is 28.8 Å². The van der Waals surface area contributed by atoms with Crippen molar-refractivity contribution >= 4 is 34.0 Å². The van der Waals surface area contributed by atoms with Crippen LogP contribution in [0.15, 0.2) is 23.1 Å². The van der Waals surface area contributed by atoms with Gasteiger partial charge in [-0.2, -0.15) is 0 Å². The van der Waals surface area contributed by atoms with Crippen molar-refractivity contribution in [2.45, 2.75) is 24.8 Å². The molecule has 1 atom stereocenters. The minimum Gasteiger partial charge on any atom is -0.316 e. The van der Waals surface area contributed by atoms with Gasteiger partial charge in [0.1, 0.15) is 0 Å². The van der Waals surface area contributed by atoms with Crippen LogP contribution in [-0.2, 0) is 10.0 Å². The van der Waals surface area contributed by atoms with Gasteiger partial charge in [0.15, 0.2) is 0 Å². The van der Waals surface area contributed by atoms with Crippen LogP contribution in [0.3, 0.4) is 0 Å². The maximum absolute atomic E-state index is 11.9. The minimum atomic E-state index is -3.48. The van der Waals surface area contributed by atoms with Gasteiger partial charge in [-0.25, -0.2) is 13.1 Å². The minimum absolute atomic E-state index is 0. The third-order valence-electron chi connectivity index (χ3n) is 2.53. The lowest BCUT2D eigenvalue weighted by Crippen LogP contribution is -2.37. The van der Waals surface area contributed by atoms with E-state index in [-0.39, 0.29) is 23.3 Å². The van der Waals surface area contributed by atoms with Crippen LogP contribution in [0, 0.1) is 6.92 Å². The standard InChI is InChI=1S/C11H17ClN2O2S.ClH/c1-8-4-5-10(6-11(8)12)17(15,16)14-7-9(2)13-3;/h4-6,9,13-14H,7H2,1-3H3;1H. The fourth-order valence-electron chi connectivity index (χ4n) is 1.16. The summed E-state index contributed by atoms with van der Waals surface area (Å²) in [6, 6.07) is 4.78. The van der Waals surface area contributed by atoms with E-state index in [2.05, 4.69) is 10.0 Å². The lowest BCUT2D eigenvalue weighted by atomic mass is 10.2. The predicted octanol–water partition coefficient (Wildman–Crippen LogP) is 1.96. The highest BCUT2D eigenvalue weighted by atomic mass is 35.5. The molecule has 0 aliphatic rings. The molecule has 0 saturated heterocycles. The van der Waals surface area contributed by atoms with E-state index in [1.807, 2.05) is 13.8 Å². The number of hydrogen-bond donors (Lipinski definition) is 2. The molecule has 0 saturated carbocycles. The van der Waals surface area contributed by atoms with Gasteiger partial charge in [0.2, 0.25) is 10.0 Å². The van der Waals surface area contributed by atoms with E-state index >= 15 is 0 Å². The number of aryl methyl sites for hydroxylation is 1. The maximum Gasteiger partial charge on any atom is 0.240 e. The van der Waals surface area contributed by atoms with Gasteiger partial charge in [-0.3, -0.25) is 0 Å². The Kier molecular flexibility index (Phi) is 7.17. The molecule has 4 nitrogen and oxygen atoms in total. The fourth-order valence-corrected chi connectivity index (χ4v) is 2.56. The first-order valence-electron chi connectivity index (χ1n) is 5.30. The van der Waals surface area contributed by atoms with E-state index in [4.69, 9.17) is 11.6 Å². The van der Waals surface area contributed by atoms with Crippen LogP contribution in [-0.4, -0.2) is 28.1 Å². The highest BCUT2D eigenvalue weighted by Crippen LogP contribution is 2.19. The van der Waals surface area contributed by atoms with Gasteiger partial charge in [0.05, 0.1) is 4.90 Å². The molecule has 1 rings (SSSR count). The topological polar surface area (TPSA) is 58.2 Å². The summed E-state index contributed by atoms with van der Waals surface area (Å²) in [7, 11) is -1.70. The van der Waals surface area contributed by atoms with Crippen LogP contribution in [0.5, 0.6) is 0 Å². The van der Waals surface area contributed by atoms with Crippen molar-refractivity contribution in [3.63, 3.8) is 0 Å². The molecule has 18 heavy (non-hydrogen) atoms. The average molecular weight is 313 g/mol. The monoisotopic (exact) mass is 312 g/mol. The number of halogens is 2. The lowest BCUT2D eigenvalue weighted by Gasteiger charge is -2.12. The van der Waals surface area contributed by atoms with Gasteiger partial charge in [0, 0.05) is 17.6 Å². The lowest BCUT2D eigenvalue weighted by molar-refractivity contribution is 0.554. The first kappa shape index (κ1) is 17.7. The Morgan fingerprint density at radius 1 is 1.39 bits per heavy atom. The molecule has 104 valence electrons. The number of likely N-dealkylation sites (N-methyl/N-ethyl adjacent to an activating group) is 1. The van der Waals surface area contributed by atoms with Crippen LogP contribution >= 0.6 is 24.0 Å². The van der Waals surface area contributed by atoms with Crippen molar-refractivity contribution in [1.82, 2.24) is 10.0 Å². The Bertz CT molecular complexity index is 492. The van der Waals surface area contributed by atoms with E-state index in [1.165, 1.54) is 6.07 Å².